The molecule has 1 unspecified atom stereocenters. The Balaban J connectivity index is 1.47. The molecule has 0 spiro atoms. The third-order valence-electron chi connectivity index (χ3n) is 4.82. The van der Waals surface area contributed by atoms with Crippen molar-refractivity contribution < 1.29 is 9.47 Å². The van der Waals surface area contributed by atoms with Gasteiger partial charge in [-0.3, -0.25) is 4.79 Å². The highest BCUT2D eigenvalue weighted by atomic mass is 79.9. The average molecular weight is 456 g/mol. The summed E-state index contributed by atoms with van der Waals surface area (Å²) < 4.78 is 13.9. The Morgan fingerprint density at radius 3 is 3.00 bits per heavy atom. The Morgan fingerprint density at radius 1 is 1.33 bits per heavy atom. The Morgan fingerprint density at radius 2 is 2.22 bits per heavy atom. The van der Waals surface area contributed by atoms with E-state index in [0.29, 0.717) is 24.7 Å². The zero-order valence-corrected chi connectivity index (χ0v) is 17.0. The number of halogens is 2. The van der Waals surface area contributed by atoms with Crippen LogP contribution in [0.25, 0.3) is 0 Å². The van der Waals surface area contributed by atoms with Crippen molar-refractivity contribution in [2.24, 2.45) is 0 Å². The maximum atomic E-state index is 12.7. The van der Waals surface area contributed by atoms with Crippen LogP contribution in [0, 0.1) is 0 Å². The molecular weight excluding hydrogens is 436 g/mol. The van der Waals surface area contributed by atoms with Crippen molar-refractivity contribution in [1.82, 2.24) is 14.8 Å². The Hall–Kier alpha value is -1.64. The van der Waals surface area contributed by atoms with E-state index in [2.05, 4.69) is 26.0 Å². The lowest BCUT2D eigenvalue weighted by atomic mass is 10.2. The molecule has 0 aromatic carbocycles. The van der Waals surface area contributed by atoms with Gasteiger partial charge < -0.3 is 14.4 Å². The van der Waals surface area contributed by atoms with Crippen LogP contribution >= 0.6 is 27.5 Å². The van der Waals surface area contributed by atoms with Crippen molar-refractivity contribution in [2.75, 3.05) is 24.6 Å². The van der Waals surface area contributed by atoms with Crippen LogP contribution in [0.15, 0.2) is 33.8 Å². The summed E-state index contributed by atoms with van der Waals surface area (Å²) in [4.78, 5) is 18.9. The van der Waals surface area contributed by atoms with Gasteiger partial charge in [-0.05, 0) is 25.3 Å². The van der Waals surface area contributed by atoms with Gasteiger partial charge in [-0.2, -0.15) is 9.78 Å². The molecule has 0 aliphatic carbocycles. The van der Waals surface area contributed by atoms with E-state index in [0.717, 1.165) is 36.7 Å². The fraction of sp³-hybridized carbons (Fsp3) is 0.500. The molecular formula is C18H20BrClN4O3. The normalized spacial score (nSPS) is 22.8. The maximum Gasteiger partial charge on any atom is 0.290 e. The van der Waals surface area contributed by atoms with Crippen molar-refractivity contribution in [1.29, 1.82) is 0 Å². The minimum absolute atomic E-state index is 0.0213. The van der Waals surface area contributed by atoms with Gasteiger partial charge in [0.25, 0.3) is 5.56 Å². The van der Waals surface area contributed by atoms with Crippen molar-refractivity contribution in [3.63, 3.8) is 0 Å². The van der Waals surface area contributed by atoms with Crippen molar-refractivity contribution in [3.05, 3.63) is 44.4 Å². The molecule has 4 rings (SSSR count). The van der Waals surface area contributed by atoms with Crippen LogP contribution in [-0.4, -0.2) is 40.6 Å². The monoisotopic (exact) mass is 454 g/mol. The largest absolute Gasteiger partial charge is 0.472 e. The van der Waals surface area contributed by atoms with Gasteiger partial charge in [0, 0.05) is 36.3 Å². The van der Waals surface area contributed by atoms with E-state index in [1.165, 1.54) is 4.68 Å². The van der Waals surface area contributed by atoms with E-state index >= 15 is 0 Å². The van der Waals surface area contributed by atoms with Crippen molar-refractivity contribution in [2.45, 2.75) is 38.0 Å². The molecule has 2 saturated heterocycles. The third-order valence-corrected chi connectivity index (χ3v) is 5.67. The van der Waals surface area contributed by atoms with Gasteiger partial charge in [0.15, 0.2) is 6.23 Å². The molecule has 2 aliphatic rings. The molecule has 27 heavy (non-hydrogen) atoms. The van der Waals surface area contributed by atoms with E-state index in [-0.39, 0.29) is 22.9 Å². The standard InChI is InChI=1S/C18H20BrClN4O3/c19-12-4-6-21-15(9-12)27-13-5-7-23(11-13)14-10-22-24(18(25)17(14)20)16-3-1-2-8-26-16/h4,6,9-10,13,16H,1-3,5,7-8,11H2/t13?,16-/m1/s1. The molecule has 0 saturated carbocycles. The molecule has 0 amide bonds. The number of hydrogen-bond donors (Lipinski definition) is 0. The van der Waals surface area contributed by atoms with Gasteiger partial charge in [0.05, 0.1) is 18.4 Å². The van der Waals surface area contributed by atoms with Gasteiger partial charge >= 0.3 is 0 Å². The van der Waals surface area contributed by atoms with Crippen molar-refractivity contribution >= 4 is 33.2 Å². The molecule has 2 fully saturated rings. The summed E-state index contributed by atoms with van der Waals surface area (Å²) in [5, 5.41) is 4.50. The number of ether oxygens (including phenoxy) is 2. The lowest BCUT2D eigenvalue weighted by Crippen LogP contribution is -2.33. The first-order valence-corrected chi connectivity index (χ1v) is 10.2. The molecule has 0 N–H and O–H groups in total. The zero-order chi connectivity index (χ0) is 18.8. The van der Waals surface area contributed by atoms with E-state index in [9.17, 15) is 4.79 Å². The fourth-order valence-electron chi connectivity index (χ4n) is 3.44. The van der Waals surface area contributed by atoms with E-state index < -0.39 is 0 Å². The summed E-state index contributed by atoms with van der Waals surface area (Å²) in [6.45, 7) is 2.01. The van der Waals surface area contributed by atoms with Gasteiger partial charge in [0.1, 0.15) is 11.1 Å². The zero-order valence-electron chi connectivity index (χ0n) is 14.7. The Kier molecular flexibility index (Phi) is 5.66. The van der Waals surface area contributed by atoms with Crippen LogP contribution in [0.1, 0.15) is 31.9 Å². The minimum atomic E-state index is -0.324. The quantitative estimate of drug-likeness (QED) is 0.704. The highest BCUT2D eigenvalue weighted by Gasteiger charge is 2.28. The second-order valence-corrected chi connectivity index (χ2v) is 8.00. The Bertz CT molecular complexity index is 872. The fourth-order valence-corrected chi connectivity index (χ4v) is 4.01. The van der Waals surface area contributed by atoms with Gasteiger partial charge in [-0.25, -0.2) is 4.98 Å². The van der Waals surface area contributed by atoms with Crippen molar-refractivity contribution in [3.8, 4) is 5.88 Å². The van der Waals surface area contributed by atoms with Crippen LogP contribution in [0.3, 0.4) is 0 Å². The first-order chi connectivity index (χ1) is 13.1. The maximum absolute atomic E-state index is 12.7. The second kappa shape index (κ2) is 8.16. The highest BCUT2D eigenvalue weighted by Crippen LogP contribution is 2.28. The van der Waals surface area contributed by atoms with E-state index in [1.807, 2.05) is 17.0 Å². The molecule has 144 valence electrons. The number of aromatic nitrogens is 3. The van der Waals surface area contributed by atoms with Crippen LogP contribution in [-0.2, 0) is 4.74 Å². The van der Waals surface area contributed by atoms with Gasteiger partial charge in [-0.15, -0.1) is 0 Å². The highest BCUT2D eigenvalue weighted by molar-refractivity contribution is 9.10. The van der Waals surface area contributed by atoms with Crippen LogP contribution < -0.4 is 15.2 Å². The molecule has 0 radical (unpaired) electrons. The summed E-state index contributed by atoms with van der Waals surface area (Å²) in [7, 11) is 0. The van der Waals surface area contributed by atoms with Gasteiger partial charge in [0.2, 0.25) is 5.88 Å². The number of pyridine rings is 1. The topological polar surface area (TPSA) is 69.5 Å². The predicted molar refractivity (Wildman–Crippen MR) is 106 cm³/mol. The SMILES string of the molecule is O=c1c(Cl)c(N2CCC(Oc3cc(Br)ccn3)C2)cnn1[C@H]1CCCCO1. The number of rotatable bonds is 4. The summed E-state index contributed by atoms with van der Waals surface area (Å²) in [5.41, 5.74) is 0.334. The lowest BCUT2D eigenvalue weighted by Gasteiger charge is -2.25. The molecule has 2 aliphatic heterocycles. The summed E-state index contributed by atoms with van der Waals surface area (Å²) in [6.07, 6.45) is 6.64. The average Bonchev–Trinajstić information content (AvgIpc) is 3.13. The molecule has 2 atom stereocenters. The minimum Gasteiger partial charge on any atom is -0.472 e. The lowest BCUT2D eigenvalue weighted by molar-refractivity contribution is -0.0424. The van der Waals surface area contributed by atoms with E-state index in [1.54, 1.807) is 12.4 Å². The van der Waals surface area contributed by atoms with E-state index in [4.69, 9.17) is 21.1 Å². The summed E-state index contributed by atoms with van der Waals surface area (Å²) in [5.74, 6) is 0.574. The number of anilines is 1. The molecule has 0 bridgehead atoms. The first kappa shape index (κ1) is 18.7. The molecule has 4 heterocycles. The number of nitrogens with zero attached hydrogens (tertiary/aromatic N) is 4. The van der Waals surface area contributed by atoms with Crippen LogP contribution in [0.2, 0.25) is 5.02 Å². The molecule has 2 aromatic heterocycles. The molecule has 9 heteroatoms. The van der Waals surface area contributed by atoms with Crippen LogP contribution in [0.5, 0.6) is 5.88 Å². The second-order valence-electron chi connectivity index (χ2n) is 6.70. The summed E-state index contributed by atoms with van der Waals surface area (Å²) in [6, 6.07) is 3.69. The molecule has 2 aromatic rings. The van der Waals surface area contributed by atoms with Crippen LogP contribution in [0.4, 0.5) is 5.69 Å². The van der Waals surface area contributed by atoms with Gasteiger partial charge in [-0.1, -0.05) is 27.5 Å². The first-order valence-electron chi connectivity index (χ1n) is 9.04. The predicted octanol–water partition coefficient (Wildman–Crippen LogP) is 3.41. The summed E-state index contributed by atoms with van der Waals surface area (Å²) >= 11 is 9.81. The smallest absolute Gasteiger partial charge is 0.290 e. The number of hydrogen-bond acceptors (Lipinski definition) is 6. The Labute approximate surface area is 170 Å². The molecule has 7 nitrogen and oxygen atoms in total. The third kappa shape index (κ3) is 4.12.